The second kappa shape index (κ2) is 6.38. The molecule has 4 heteroatoms. The molecule has 0 aromatic rings. The molecule has 1 saturated carbocycles. The van der Waals surface area contributed by atoms with Gasteiger partial charge < -0.3 is 5.11 Å². The van der Waals surface area contributed by atoms with Gasteiger partial charge in [-0.1, -0.05) is 33.1 Å². The monoisotopic (exact) mass is 276 g/mol. The molecule has 0 aromatic carbocycles. The zero-order chi connectivity index (χ0) is 13.8. The number of aliphatic hydroxyl groups is 1. The summed E-state index contributed by atoms with van der Waals surface area (Å²) in [6, 6.07) is 0. The van der Waals surface area contributed by atoms with Crippen LogP contribution in [-0.2, 0) is 9.84 Å². The Labute approximate surface area is 112 Å². The Morgan fingerprint density at radius 3 is 2.17 bits per heavy atom. The fourth-order valence-electron chi connectivity index (χ4n) is 3.42. The van der Waals surface area contributed by atoms with E-state index in [9.17, 15) is 13.5 Å². The van der Waals surface area contributed by atoms with Crippen LogP contribution in [0.1, 0.15) is 65.2 Å². The number of sulfone groups is 1. The summed E-state index contributed by atoms with van der Waals surface area (Å²) in [5.74, 6) is 0.158. The van der Waals surface area contributed by atoms with Crippen molar-refractivity contribution in [1.29, 1.82) is 0 Å². The lowest BCUT2D eigenvalue weighted by Crippen LogP contribution is -2.43. The maximum atomic E-state index is 11.7. The predicted octanol–water partition coefficient (Wildman–Crippen LogP) is 2.92. The van der Waals surface area contributed by atoms with Crippen molar-refractivity contribution in [3.8, 4) is 0 Å². The molecule has 0 spiro atoms. The minimum atomic E-state index is -2.96. The standard InChI is InChI=1S/C14H28O3S/c1-4-9-14(15,10-5-2)12-7-6-8-13(11-12)18(3,16)17/h12-13,15H,4-11H2,1-3H3. The molecule has 1 aliphatic rings. The van der Waals surface area contributed by atoms with Gasteiger partial charge >= 0.3 is 0 Å². The number of hydrogen-bond donors (Lipinski definition) is 1. The summed E-state index contributed by atoms with van der Waals surface area (Å²) in [5.41, 5.74) is -0.646. The molecule has 2 atom stereocenters. The molecule has 0 radical (unpaired) electrons. The normalized spacial score (nSPS) is 26.2. The highest BCUT2D eigenvalue weighted by molar-refractivity contribution is 7.91. The van der Waals surface area contributed by atoms with Crippen molar-refractivity contribution in [2.24, 2.45) is 5.92 Å². The highest BCUT2D eigenvalue weighted by atomic mass is 32.2. The quantitative estimate of drug-likeness (QED) is 0.811. The molecular weight excluding hydrogens is 248 g/mol. The van der Waals surface area contributed by atoms with Crippen LogP contribution < -0.4 is 0 Å². The zero-order valence-corrected chi connectivity index (χ0v) is 12.8. The molecule has 0 aliphatic heterocycles. The van der Waals surface area contributed by atoms with Crippen LogP contribution in [0.3, 0.4) is 0 Å². The summed E-state index contributed by atoms with van der Waals surface area (Å²) >= 11 is 0. The van der Waals surface area contributed by atoms with Gasteiger partial charge in [-0.2, -0.15) is 0 Å². The molecular formula is C14H28O3S. The predicted molar refractivity (Wildman–Crippen MR) is 75.4 cm³/mol. The average Bonchev–Trinajstić information content (AvgIpc) is 2.29. The summed E-state index contributed by atoms with van der Waals surface area (Å²) in [6.07, 6.45) is 8.15. The second-order valence-electron chi connectivity index (χ2n) is 5.92. The van der Waals surface area contributed by atoms with E-state index in [1.807, 2.05) is 0 Å². The lowest BCUT2D eigenvalue weighted by molar-refractivity contribution is -0.0474. The van der Waals surface area contributed by atoms with E-state index in [0.717, 1.165) is 44.9 Å². The molecule has 1 N–H and O–H groups in total. The van der Waals surface area contributed by atoms with Gasteiger partial charge in [0.15, 0.2) is 0 Å². The van der Waals surface area contributed by atoms with E-state index in [-0.39, 0.29) is 11.2 Å². The first kappa shape index (κ1) is 16.0. The third-order valence-electron chi connectivity index (χ3n) is 4.36. The van der Waals surface area contributed by atoms with E-state index >= 15 is 0 Å². The van der Waals surface area contributed by atoms with Gasteiger partial charge in [-0.05, 0) is 38.0 Å². The average molecular weight is 276 g/mol. The molecule has 0 saturated heterocycles. The van der Waals surface area contributed by atoms with Crippen molar-refractivity contribution >= 4 is 9.84 Å². The van der Waals surface area contributed by atoms with Crippen LogP contribution in [0.5, 0.6) is 0 Å². The van der Waals surface area contributed by atoms with E-state index in [4.69, 9.17) is 0 Å². The Bertz CT molecular complexity index is 342. The lowest BCUT2D eigenvalue weighted by Gasteiger charge is -2.40. The van der Waals surface area contributed by atoms with Crippen molar-refractivity contribution in [2.75, 3.05) is 6.26 Å². The highest BCUT2D eigenvalue weighted by Gasteiger charge is 2.40. The fraction of sp³-hybridized carbons (Fsp3) is 1.00. The summed E-state index contributed by atoms with van der Waals surface area (Å²) in [4.78, 5) is 0. The van der Waals surface area contributed by atoms with E-state index in [2.05, 4.69) is 13.8 Å². The van der Waals surface area contributed by atoms with Crippen molar-refractivity contribution in [3.05, 3.63) is 0 Å². The van der Waals surface area contributed by atoms with E-state index in [0.29, 0.717) is 6.42 Å². The summed E-state index contributed by atoms with van der Waals surface area (Å²) in [6.45, 7) is 4.16. The third kappa shape index (κ3) is 3.95. The first-order chi connectivity index (χ1) is 8.33. The largest absolute Gasteiger partial charge is 0.390 e. The van der Waals surface area contributed by atoms with Crippen LogP contribution in [0.2, 0.25) is 0 Å². The molecule has 1 aliphatic carbocycles. The van der Waals surface area contributed by atoms with Crippen LogP contribution in [0.25, 0.3) is 0 Å². The van der Waals surface area contributed by atoms with Gasteiger partial charge in [0.05, 0.1) is 10.9 Å². The molecule has 2 unspecified atom stereocenters. The Morgan fingerprint density at radius 2 is 1.72 bits per heavy atom. The van der Waals surface area contributed by atoms with Crippen molar-refractivity contribution in [2.45, 2.75) is 76.1 Å². The van der Waals surface area contributed by atoms with Crippen molar-refractivity contribution in [3.63, 3.8) is 0 Å². The Kier molecular flexibility index (Phi) is 5.66. The van der Waals surface area contributed by atoms with Crippen LogP contribution in [0.4, 0.5) is 0 Å². The van der Waals surface area contributed by atoms with Gasteiger partial charge in [0.1, 0.15) is 9.84 Å². The van der Waals surface area contributed by atoms with Gasteiger partial charge in [-0.3, -0.25) is 0 Å². The Morgan fingerprint density at radius 1 is 1.17 bits per heavy atom. The van der Waals surface area contributed by atoms with Crippen LogP contribution in [-0.4, -0.2) is 30.6 Å². The van der Waals surface area contributed by atoms with Crippen LogP contribution in [0, 0.1) is 5.92 Å². The first-order valence-corrected chi connectivity index (χ1v) is 9.20. The number of hydrogen-bond acceptors (Lipinski definition) is 3. The van der Waals surface area contributed by atoms with E-state index in [1.54, 1.807) is 0 Å². The summed E-state index contributed by atoms with van der Waals surface area (Å²) in [7, 11) is -2.96. The molecule has 0 heterocycles. The molecule has 108 valence electrons. The maximum absolute atomic E-state index is 11.7. The summed E-state index contributed by atoms with van der Waals surface area (Å²) in [5, 5.41) is 10.6. The van der Waals surface area contributed by atoms with Crippen molar-refractivity contribution < 1.29 is 13.5 Å². The second-order valence-corrected chi connectivity index (χ2v) is 8.24. The Balaban J connectivity index is 2.80. The molecule has 0 bridgehead atoms. The fourth-order valence-corrected chi connectivity index (χ4v) is 4.60. The van der Waals surface area contributed by atoms with Gasteiger partial charge in [-0.25, -0.2) is 8.42 Å². The van der Waals surface area contributed by atoms with Crippen LogP contribution >= 0.6 is 0 Å². The molecule has 18 heavy (non-hydrogen) atoms. The molecule has 1 fully saturated rings. The van der Waals surface area contributed by atoms with Gasteiger partial charge in [-0.15, -0.1) is 0 Å². The topological polar surface area (TPSA) is 54.4 Å². The summed E-state index contributed by atoms with van der Waals surface area (Å²) < 4.78 is 23.4. The Hall–Kier alpha value is -0.0900. The molecule has 0 aromatic heterocycles. The van der Waals surface area contributed by atoms with Crippen LogP contribution in [0.15, 0.2) is 0 Å². The third-order valence-corrected chi connectivity index (χ3v) is 6.00. The highest BCUT2D eigenvalue weighted by Crippen LogP contribution is 2.40. The molecule has 1 rings (SSSR count). The number of rotatable bonds is 6. The van der Waals surface area contributed by atoms with Gasteiger partial charge in [0.2, 0.25) is 0 Å². The maximum Gasteiger partial charge on any atom is 0.150 e. The zero-order valence-electron chi connectivity index (χ0n) is 12.0. The smallest absolute Gasteiger partial charge is 0.150 e. The molecule has 3 nitrogen and oxygen atoms in total. The van der Waals surface area contributed by atoms with Gasteiger partial charge in [0.25, 0.3) is 0 Å². The minimum Gasteiger partial charge on any atom is -0.390 e. The van der Waals surface area contributed by atoms with E-state index in [1.165, 1.54) is 6.26 Å². The SMILES string of the molecule is CCCC(O)(CCC)C1CCCC(S(C)(=O)=O)C1. The first-order valence-electron chi connectivity index (χ1n) is 7.24. The van der Waals surface area contributed by atoms with Gasteiger partial charge in [0, 0.05) is 6.26 Å². The van der Waals surface area contributed by atoms with E-state index < -0.39 is 15.4 Å². The molecule has 0 amide bonds. The minimum absolute atomic E-state index is 0.158. The van der Waals surface area contributed by atoms with Crippen molar-refractivity contribution in [1.82, 2.24) is 0 Å². The lowest BCUT2D eigenvalue weighted by atomic mass is 9.72.